The molecule has 0 radical (unpaired) electrons. The van der Waals surface area contributed by atoms with E-state index < -0.39 is 0 Å². The minimum Gasteiger partial charge on any atom is -0.325 e. The molecule has 1 aromatic carbocycles. The maximum Gasteiger partial charge on any atom is 0.261 e. The molecule has 0 aliphatic heterocycles. The molecule has 170 valence electrons. The molecule has 1 amide bonds. The highest BCUT2D eigenvalue weighted by Gasteiger charge is 2.17. The van der Waals surface area contributed by atoms with Gasteiger partial charge in [0.1, 0.15) is 11.5 Å². The summed E-state index contributed by atoms with van der Waals surface area (Å²) in [5, 5.41) is 12.0. The van der Waals surface area contributed by atoms with E-state index in [0.717, 1.165) is 22.4 Å². The maximum absolute atomic E-state index is 13.1. The molecular weight excluding hydrogens is 436 g/mol. The molecule has 1 N–H and O–H groups in total. The van der Waals surface area contributed by atoms with E-state index in [1.54, 1.807) is 10.6 Å². The number of pyridine rings is 1. The Morgan fingerprint density at radius 2 is 1.82 bits per heavy atom. The van der Waals surface area contributed by atoms with Crippen LogP contribution in [0.15, 0.2) is 46.5 Å². The number of aromatic nitrogens is 5. The molecule has 0 bridgehead atoms. The fourth-order valence-electron chi connectivity index (χ4n) is 3.65. The SMILES string of the molecule is Cc1ccc(NC(=O)CSc2nnc(Cc3c(C)nc4ccc(C)cn4c3=O)n2C)c(C)c1. The Kier molecular flexibility index (Phi) is 6.33. The van der Waals surface area contributed by atoms with Crippen molar-refractivity contribution < 1.29 is 4.79 Å². The first-order valence-corrected chi connectivity index (χ1v) is 11.6. The molecule has 3 heterocycles. The zero-order chi connectivity index (χ0) is 23.7. The van der Waals surface area contributed by atoms with Gasteiger partial charge in [0.2, 0.25) is 5.91 Å². The lowest BCUT2D eigenvalue weighted by Gasteiger charge is -2.10. The van der Waals surface area contributed by atoms with E-state index in [0.29, 0.717) is 34.3 Å². The highest BCUT2D eigenvalue weighted by Crippen LogP contribution is 2.20. The van der Waals surface area contributed by atoms with Crippen molar-refractivity contribution in [1.82, 2.24) is 24.1 Å². The van der Waals surface area contributed by atoms with Crippen LogP contribution in [0.1, 0.15) is 33.8 Å². The van der Waals surface area contributed by atoms with Crippen LogP contribution in [0.25, 0.3) is 5.65 Å². The molecule has 4 aromatic rings. The van der Waals surface area contributed by atoms with Crippen molar-refractivity contribution in [2.45, 2.75) is 39.3 Å². The Morgan fingerprint density at radius 3 is 2.58 bits per heavy atom. The number of rotatable bonds is 6. The second kappa shape index (κ2) is 9.19. The highest BCUT2D eigenvalue weighted by atomic mass is 32.2. The van der Waals surface area contributed by atoms with Crippen molar-refractivity contribution in [2.75, 3.05) is 11.1 Å². The van der Waals surface area contributed by atoms with Crippen LogP contribution in [-0.2, 0) is 18.3 Å². The predicted octanol–water partition coefficient (Wildman–Crippen LogP) is 3.38. The van der Waals surface area contributed by atoms with Gasteiger partial charge in [0, 0.05) is 36.6 Å². The van der Waals surface area contributed by atoms with Crippen LogP contribution in [0.3, 0.4) is 0 Å². The lowest BCUT2D eigenvalue weighted by molar-refractivity contribution is -0.113. The number of anilines is 1. The number of hydrogen-bond acceptors (Lipinski definition) is 6. The number of thioether (sulfide) groups is 1. The maximum atomic E-state index is 13.1. The van der Waals surface area contributed by atoms with E-state index in [1.807, 2.05) is 69.6 Å². The molecule has 0 aliphatic rings. The molecule has 0 aliphatic carbocycles. The summed E-state index contributed by atoms with van der Waals surface area (Å²) >= 11 is 1.31. The monoisotopic (exact) mass is 462 g/mol. The normalized spacial score (nSPS) is 11.2. The highest BCUT2D eigenvalue weighted by molar-refractivity contribution is 7.99. The molecule has 3 aromatic heterocycles. The number of amides is 1. The van der Waals surface area contributed by atoms with E-state index in [1.165, 1.54) is 11.8 Å². The second-order valence-corrected chi connectivity index (χ2v) is 9.15. The Hall–Kier alpha value is -3.46. The van der Waals surface area contributed by atoms with Crippen molar-refractivity contribution in [3.8, 4) is 0 Å². The van der Waals surface area contributed by atoms with E-state index in [2.05, 4.69) is 20.5 Å². The second-order valence-electron chi connectivity index (χ2n) is 8.21. The number of nitrogens with zero attached hydrogens (tertiary/aromatic N) is 5. The average molecular weight is 463 g/mol. The molecule has 0 fully saturated rings. The molecule has 33 heavy (non-hydrogen) atoms. The first-order chi connectivity index (χ1) is 15.7. The van der Waals surface area contributed by atoms with Crippen molar-refractivity contribution >= 4 is 29.0 Å². The lowest BCUT2D eigenvalue weighted by atomic mass is 10.1. The Balaban J connectivity index is 1.48. The van der Waals surface area contributed by atoms with E-state index in [4.69, 9.17) is 0 Å². The molecule has 0 atom stereocenters. The number of benzene rings is 1. The van der Waals surface area contributed by atoms with Crippen molar-refractivity contribution in [3.63, 3.8) is 0 Å². The number of carbonyl (C=O) groups excluding carboxylic acids is 1. The summed E-state index contributed by atoms with van der Waals surface area (Å²) in [5.41, 5.74) is 5.74. The van der Waals surface area contributed by atoms with Crippen molar-refractivity contribution in [2.24, 2.45) is 7.05 Å². The molecule has 9 heteroatoms. The molecule has 4 rings (SSSR count). The van der Waals surface area contributed by atoms with Gasteiger partial charge >= 0.3 is 0 Å². The molecule has 0 unspecified atom stereocenters. The molecule has 0 saturated carbocycles. The third kappa shape index (κ3) is 4.83. The van der Waals surface area contributed by atoms with Gasteiger partial charge in [-0.05, 0) is 51.0 Å². The number of fused-ring (bicyclic) bond motifs is 1. The molecular formula is C24H26N6O2S. The van der Waals surface area contributed by atoms with Gasteiger partial charge in [-0.2, -0.15) is 0 Å². The third-order valence-electron chi connectivity index (χ3n) is 5.52. The van der Waals surface area contributed by atoms with Crippen LogP contribution < -0.4 is 10.9 Å². The number of hydrogen-bond donors (Lipinski definition) is 1. The first-order valence-electron chi connectivity index (χ1n) is 10.6. The molecule has 0 saturated heterocycles. The predicted molar refractivity (Wildman–Crippen MR) is 130 cm³/mol. The number of nitrogens with one attached hydrogen (secondary N) is 1. The summed E-state index contributed by atoms with van der Waals surface area (Å²) in [4.78, 5) is 30.1. The Bertz CT molecular complexity index is 1420. The van der Waals surface area contributed by atoms with Crippen LogP contribution in [-0.4, -0.2) is 35.8 Å². The van der Waals surface area contributed by atoms with Crippen LogP contribution in [0.4, 0.5) is 5.69 Å². The van der Waals surface area contributed by atoms with Gasteiger partial charge in [0.05, 0.1) is 5.75 Å². The summed E-state index contributed by atoms with van der Waals surface area (Å²) in [6.07, 6.45) is 2.10. The number of carbonyl (C=O) groups is 1. The summed E-state index contributed by atoms with van der Waals surface area (Å²) in [5.74, 6) is 0.735. The van der Waals surface area contributed by atoms with E-state index in [-0.39, 0.29) is 17.2 Å². The van der Waals surface area contributed by atoms with Gasteiger partial charge in [-0.15, -0.1) is 10.2 Å². The van der Waals surface area contributed by atoms with Crippen LogP contribution in [0, 0.1) is 27.7 Å². The largest absolute Gasteiger partial charge is 0.325 e. The zero-order valence-corrected chi connectivity index (χ0v) is 20.2. The Morgan fingerprint density at radius 1 is 1.06 bits per heavy atom. The molecule has 8 nitrogen and oxygen atoms in total. The van der Waals surface area contributed by atoms with Crippen LogP contribution >= 0.6 is 11.8 Å². The van der Waals surface area contributed by atoms with E-state index in [9.17, 15) is 9.59 Å². The van der Waals surface area contributed by atoms with Gasteiger partial charge in [-0.3, -0.25) is 14.0 Å². The average Bonchev–Trinajstić information content (AvgIpc) is 3.11. The van der Waals surface area contributed by atoms with E-state index >= 15 is 0 Å². The first kappa shape index (κ1) is 22.7. The Labute approximate surface area is 196 Å². The summed E-state index contributed by atoms with van der Waals surface area (Å²) in [7, 11) is 1.84. The minimum absolute atomic E-state index is 0.105. The van der Waals surface area contributed by atoms with Crippen LogP contribution in [0.5, 0.6) is 0 Å². The number of aryl methyl sites for hydroxylation is 4. The minimum atomic E-state index is -0.111. The van der Waals surface area contributed by atoms with Gasteiger partial charge < -0.3 is 9.88 Å². The lowest BCUT2D eigenvalue weighted by Crippen LogP contribution is -2.22. The summed E-state index contributed by atoms with van der Waals surface area (Å²) < 4.78 is 3.39. The fourth-order valence-corrected chi connectivity index (χ4v) is 4.38. The van der Waals surface area contributed by atoms with Gasteiger partial charge in [-0.1, -0.05) is 35.5 Å². The van der Waals surface area contributed by atoms with Crippen molar-refractivity contribution in [1.29, 1.82) is 0 Å². The smallest absolute Gasteiger partial charge is 0.261 e. The zero-order valence-electron chi connectivity index (χ0n) is 19.3. The summed E-state index contributed by atoms with van der Waals surface area (Å²) in [6, 6.07) is 9.69. The fraction of sp³-hybridized carbons (Fsp3) is 0.292. The molecule has 0 spiro atoms. The van der Waals surface area contributed by atoms with Gasteiger partial charge in [-0.25, -0.2) is 4.98 Å². The van der Waals surface area contributed by atoms with Crippen LogP contribution in [0.2, 0.25) is 0 Å². The summed E-state index contributed by atoms with van der Waals surface area (Å²) in [6.45, 7) is 7.76. The van der Waals surface area contributed by atoms with Gasteiger partial charge in [0.25, 0.3) is 5.56 Å². The standard InChI is InChI=1S/C24H26N6O2S/c1-14-6-8-19(16(3)10-14)26-22(31)13-33-24-28-27-21(29(24)5)11-18-17(4)25-20-9-7-15(2)12-30(20)23(18)32/h6-10,12H,11,13H2,1-5H3,(H,26,31). The third-order valence-corrected chi connectivity index (χ3v) is 6.54. The van der Waals surface area contributed by atoms with Crippen molar-refractivity contribution in [3.05, 3.63) is 80.7 Å². The topological polar surface area (TPSA) is 94.2 Å². The quantitative estimate of drug-likeness (QED) is 0.442. The van der Waals surface area contributed by atoms with Gasteiger partial charge in [0.15, 0.2) is 5.16 Å².